The molecule has 1 atom stereocenters. The lowest BCUT2D eigenvalue weighted by atomic mass is 9.88. The van der Waals surface area contributed by atoms with E-state index in [1.807, 2.05) is 5.10 Å². The highest BCUT2D eigenvalue weighted by Gasteiger charge is 2.50. The number of nitrogen functional groups attached to an aromatic ring is 1. The Morgan fingerprint density at radius 3 is 2.47 bits per heavy atom. The third kappa shape index (κ3) is 3.59. The number of hydrogen-bond acceptors (Lipinski definition) is 6. The van der Waals surface area contributed by atoms with E-state index in [4.69, 9.17) is 10.5 Å². The maximum atomic E-state index is 13.4. The van der Waals surface area contributed by atoms with E-state index in [1.54, 1.807) is 18.2 Å². The molecule has 1 saturated heterocycles. The number of hydrogen-bond donors (Lipinski definition) is 4. The molecule has 0 radical (unpaired) electrons. The highest BCUT2D eigenvalue weighted by Crippen LogP contribution is 2.39. The van der Waals surface area contributed by atoms with Crippen LogP contribution in [0.1, 0.15) is 27.2 Å². The summed E-state index contributed by atoms with van der Waals surface area (Å²) < 4.78 is 45.3. The lowest BCUT2D eigenvalue weighted by Crippen LogP contribution is -2.52. The summed E-state index contributed by atoms with van der Waals surface area (Å²) in [5, 5.41) is 10.1. The summed E-state index contributed by atoms with van der Waals surface area (Å²) in [6.07, 6.45) is -4.72. The maximum Gasteiger partial charge on any atom is 0.433 e. The Balaban J connectivity index is 1.50. The van der Waals surface area contributed by atoms with E-state index in [-0.39, 0.29) is 41.5 Å². The molecule has 1 fully saturated rings. The number of benzene rings is 2. The monoisotopic (exact) mass is 500 g/mol. The van der Waals surface area contributed by atoms with Gasteiger partial charge in [0.25, 0.3) is 11.8 Å². The number of aromatic nitrogens is 2. The van der Waals surface area contributed by atoms with E-state index >= 15 is 0 Å². The van der Waals surface area contributed by atoms with E-state index in [0.29, 0.717) is 11.3 Å². The highest BCUT2D eigenvalue weighted by molar-refractivity contribution is 6.08. The number of alkyl halides is 3. The number of urea groups is 1. The smallest absolute Gasteiger partial charge is 0.433 e. The van der Waals surface area contributed by atoms with Crippen molar-refractivity contribution in [3.8, 4) is 16.9 Å². The Morgan fingerprint density at radius 1 is 1.14 bits per heavy atom. The fourth-order valence-corrected chi connectivity index (χ4v) is 4.55. The minimum atomic E-state index is -4.72. The van der Waals surface area contributed by atoms with Crippen LogP contribution in [-0.4, -0.2) is 46.6 Å². The first kappa shape index (κ1) is 23.2. The number of fused-ring (bicyclic) bond motifs is 1. The molecule has 2 aliphatic rings. The number of anilines is 1. The minimum Gasteiger partial charge on any atom is -0.497 e. The summed E-state index contributed by atoms with van der Waals surface area (Å²) in [5.74, 6) is -0.888. The number of ether oxygens (including phenoxy) is 1. The van der Waals surface area contributed by atoms with Gasteiger partial charge in [-0.05, 0) is 28.8 Å². The normalized spacial score (nSPS) is 19.3. The SMILES string of the molecule is COc1ccc2c(c1)C(=O)N(C[C@@]1(c3ccc(-c4c(N)n[nH]c4C(F)(F)F)cc3)NC(=O)NC1=O)C2. The third-order valence-electron chi connectivity index (χ3n) is 6.31. The van der Waals surface area contributed by atoms with Crippen molar-refractivity contribution in [2.24, 2.45) is 0 Å². The number of nitrogens with two attached hydrogens (primary N) is 1. The van der Waals surface area contributed by atoms with Crippen molar-refractivity contribution < 1.29 is 32.3 Å². The van der Waals surface area contributed by atoms with Crippen LogP contribution in [0.3, 0.4) is 0 Å². The first-order chi connectivity index (χ1) is 17.0. The number of carbonyl (C=O) groups is 3. The zero-order chi connectivity index (χ0) is 25.8. The molecular formula is C23H19F3N6O4. The van der Waals surface area contributed by atoms with Crippen LogP contribution in [-0.2, 0) is 23.1 Å². The van der Waals surface area contributed by atoms with Gasteiger partial charge in [0.2, 0.25) is 0 Å². The first-order valence-electron chi connectivity index (χ1n) is 10.7. The number of nitrogens with zero attached hydrogens (tertiary/aromatic N) is 2. The molecule has 0 bridgehead atoms. The quantitative estimate of drug-likeness (QED) is 0.396. The zero-order valence-electron chi connectivity index (χ0n) is 18.7. The lowest BCUT2D eigenvalue weighted by molar-refractivity contribution is -0.140. The summed E-state index contributed by atoms with van der Waals surface area (Å²) in [6, 6.07) is 9.80. The number of carbonyl (C=O) groups excluding carboxylic acids is 3. The summed E-state index contributed by atoms with van der Waals surface area (Å²) in [6.45, 7) is -0.0109. The summed E-state index contributed by atoms with van der Waals surface area (Å²) in [5.41, 5.74) is 4.09. The average molecular weight is 500 g/mol. The number of aromatic amines is 1. The molecule has 5 rings (SSSR count). The van der Waals surface area contributed by atoms with Crippen molar-refractivity contribution in [2.45, 2.75) is 18.3 Å². The second-order valence-corrected chi connectivity index (χ2v) is 8.43. The fourth-order valence-electron chi connectivity index (χ4n) is 4.55. The van der Waals surface area contributed by atoms with Gasteiger partial charge >= 0.3 is 12.2 Å². The Morgan fingerprint density at radius 2 is 1.86 bits per heavy atom. The molecule has 2 aliphatic heterocycles. The third-order valence-corrected chi connectivity index (χ3v) is 6.31. The van der Waals surface area contributed by atoms with Crippen LogP contribution >= 0.6 is 0 Å². The molecule has 4 amide bonds. The standard InChI is InChI=1S/C23H19F3N6O4/c1-36-14-7-4-12-9-32(19(33)15(12)8-14)10-22(20(34)28-21(35)29-22)13-5-2-11(3-6-13)16-17(23(24,25)26)30-31-18(16)27/h2-8H,9-10H2,1H3,(H3,27,30,31)(H2,28,29,34,35)/t22-/m0/s1. The molecule has 0 spiro atoms. The molecule has 3 heterocycles. The summed E-state index contributed by atoms with van der Waals surface area (Å²) >= 11 is 0. The predicted molar refractivity (Wildman–Crippen MR) is 120 cm³/mol. The van der Waals surface area contributed by atoms with Crippen LogP contribution in [0.15, 0.2) is 42.5 Å². The predicted octanol–water partition coefficient (Wildman–Crippen LogP) is 2.38. The second-order valence-electron chi connectivity index (χ2n) is 8.43. The number of rotatable bonds is 5. The van der Waals surface area contributed by atoms with Gasteiger partial charge in [-0.15, -0.1) is 0 Å². The molecule has 0 aliphatic carbocycles. The number of imide groups is 1. The van der Waals surface area contributed by atoms with Crippen molar-refractivity contribution in [3.05, 3.63) is 64.8 Å². The molecule has 3 aromatic rings. The van der Waals surface area contributed by atoms with Crippen molar-refractivity contribution >= 4 is 23.7 Å². The zero-order valence-corrected chi connectivity index (χ0v) is 18.7. The van der Waals surface area contributed by atoms with Crippen molar-refractivity contribution in [1.82, 2.24) is 25.7 Å². The largest absolute Gasteiger partial charge is 0.497 e. The lowest BCUT2D eigenvalue weighted by Gasteiger charge is -2.31. The molecule has 36 heavy (non-hydrogen) atoms. The second kappa shape index (κ2) is 8.00. The molecule has 5 N–H and O–H groups in total. The van der Waals surface area contributed by atoms with Gasteiger partial charge in [-0.25, -0.2) is 4.79 Å². The highest BCUT2D eigenvalue weighted by atomic mass is 19.4. The minimum absolute atomic E-state index is 0.106. The molecule has 0 unspecified atom stereocenters. The van der Waals surface area contributed by atoms with Gasteiger partial charge in [-0.1, -0.05) is 30.3 Å². The van der Waals surface area contributed by atoms with E-state index in [9.17, 15) is 27.6 Å². The van der Waals surface area contributed by atoms with Gasteiger partial charge in [0.05, 0.1) is 19.2 Å². The Labute approximate surface area is 201 Å². The van der Waals surface area contributed by atoms with E-state index in [2.05, 4.69) is 15.7 Å². The van der Waals surface area contributed by atoms with Gasteiger partial charge in [0.1, 0.15) is 11.4 Å². The molecule has 10 nitrogen and oxygen atoms in total. The maximum absolute atomic E-state index is 13.4. The molecule has 13 heteroatoms. The van der Waals surface area contributed by atoms with Crippen LogP contribution in [0.2, 0.25) is 0 Å². The van der Waals surface area contributed by atoms with Crippen LogP contribution in [0.4, 0.5) is 23.8 Å². The number of amides is 4. The molecule has 186 valence electrons. The fraction of sp³-hybridized carbons (Fsp3) is 0.217. The summed E-state index contributed by atoms with van der Waals surface area (Å²) in [7, 11) is 1.48. The van der Waals surface area contributed by atoms with Gasteiger partial charge in [0, 0.05) is 12.1 Å². The summed E-state index contributed by atoms with van der Waals surface area (Å²) in [4.78, 5) is 39.6. The van der Waals surface area contributed by atoms with E-state index in [1.165, 1.54) is 36.3 Å². The molecular weight excluding hydrogens is 481 g/mol. The van der Waals surface area contributed by atoms with Gasteiger partial charge < -0.3 is 20.7 Å². The number of H-pyrrole nitrogens is 1. The van der Waals surface area contributed by atoms with Gasteiger partial charge in [0.15, 0.2) is 11.4 Å². The van der Waals surface area contributed by atoms with Gasteiger partial charge in [-0.2, -0.15) is 18.3 Å². The van der Waals surface area contributed by atoms with Crippen molar-refractivity contribution in [2.75, 3.05) is 19.4 Å². The van der Waals surface area contributed by atoms with E-state index < -0.39 is 29.3 Å². The van der Waals surface area contributed by atoms with Gasteiger partial charge in [-0.3, -0.25) is 20.0 Å². The number of nitrogens with one attached hydrogen (secondary N) is 3. The topological polar surface area (TPSA) is 142 Å². The Hall–Kier alpha value is -4.55. The van der Waals surface area contributed by atoms with Crippen molar-refractivity contribution in [3.63, 3.8) is 0 Å². The Bertz CT molecular complexity index is 1400. The van der Waals surface area contributed by atoms with Crippen LogP contribution in [0, 0.1) is 0 Å². The van der Waals surface area contributed by atoms with Crippen LogP contribution < -0.4 is 21.1 Å². The average Bonchev–Trinajstić information content (AvgIpc) is 3.47. The first-order valence-corrected chi connectivity index (χ1v) is 10.7. The molecule has 2 aromatic carbocycles. The molecule has 0 saturated carbocycles. The number of halogens is 3. The Kier molecular flexibility index (Phi) is 5.16. The van der Waals surface area contributed by atoms with Crippen molar-refractivity contribution in [1.29, 1.82) is 0 Å². The van der Waals surface area contributed by atoms with E-state index in [0.717, 1.165) is 5.56 Å². The van der Waals surface area contributed by atoms with Crippen LogP contribution in [0.25, 0.3) is 11.1 Å². The van der Waals surface area contributed by atoms with Crippen LogP contribution in [0.5, 0.6) is 5.75 Å². The molecule has 1 aromatic heterocycles. The number of methoxy groups -OCH3 is 1.